The summed E-state index contributed by atoms with van der Waals surface area (Å²) in [5, 5.41) is 1.18. The van der Waals surface area contributed by atoms with E-state index in [1.165, 1.54) is 10.9 Å². The number of fused-ring (bicyclic) bond motifs is 1. The first kappa shape index (κ1) is 13.6. The summed E-state index contributed by atoms with van der Waals surface area (Å²) >= 11 is 0. The standard InChI is InChI=1S/C18H24N2/c1-11-6-7-12-10-13(8-9-14(12)20-11)15(19)16-17(2,3)18(16,4)5/h6-10,15-16H,19H2,1-5H3. The van der Waals surface area contributed by atoms with E-state index < -0.39 is 0 Å². The molecule has 0 amide bonds. The maximum Gasteiger partial charge on any atom is 0.0705 e. The third-order valence-corrected chi connectivity index (χ3v) is 5.73. The fourth-order valence-corrected chi connectivity index (χ4v) is 3.79. The van der Waals surface area contributed by atoms with E-state index in [-0.39, 0.29) is 6.04 Å². The number of hydrogen-bond acceptors (Lipinski definition) is 2. The van der Waals surface area contributed by atoms with E-state index >= 15 is 0 Å². The van der Waals surface area contributed by atoms with Crippen LogP contribution in [0.25, 0.3) is 10.9 Å². The Kier molecular flexibility index (Phi) is 2.74. The van der Waals surface area contributed by atoms with Crippen LogP contribution in [0.3, 0.4) is 0 Å². The molecule has 0 radical (unpaired) electrons. The van der Waals surface area contributed by atoms with Crippen LogP contribution < -0.4 is 5.73 Å². The van der Waals surface area contributed by atoms with Crippen molar-refractivity contribution >= 4 is 10.9 Å². The summed E-state index contributed by atoms with van der Waals surface area (Å²) < 4.78 is 0. The molecule has 2 nitrogen and oxygen atoms in total. The van der Waals surface area contributed by atoms with Gasteiger partial charge in [-0.15, -0.1) is 0 Å². The quantitative estimate of drug-likeness (QED) is 0.885. The van der Waals surface area contributed by atoms with Gasteiger partial charge in [-0.3, -0.25) is 4.98 Å². The lowest BCUT2D eigenvalue weighted by Gasteiger charge is -2.15. The van der Waals surface area contributed by atoms with Crippen molar-refractivity contribution in [2.75, 3.05) is 0 Å². The Balaban J connectivity index is 1.97. The first-order chi connectivity index (χ1) is 9.25. The summed E-state index contributed by atoms with van der Waals surface area (Å²) in [4.78, 5) is 4.55. The maximum absolute atomic E-state index is 6.55. The maximum atomic E-state index is 6.55. The predicted octanol–water partition coefficient (Wildman–Crippen LogP) is 4.23. The van der Waals surface area contributed by atoms with Gasteiger partial charge in [0.1, 0.15) is 0 Å². The zero-order valence-corrected chi connectivity index (χ0v) is 13.1. The fraction of sp³-hybridized carbons (Fsp3) is 0.500. The van der Waals surface area contributed by atoms with Gasteiger partial charge in [0.15, 0.2) is 0 Å². The second kappa shape index (κ2) is 4.05. The van der Waals surface area contributed by atoms with Gasteiger partial charge >= 0.3 is 0 Å². The number of nitrogens with two attached hydrogens (primary N) is 1. The Morgan fingerprint density at radius 1 is 1.05 bits per heavy atom. The molecule has 20 heavy (non-hydrogen) atoms. The van der Waals surface area contributed by atoms with Crippen LogP contribution in [0.2, 0.25) is 0 Å². The van der Waals surface area contributed by atoms with Crippen molar-refractivity contribution in [3.8, 4) is 0 Å². The van der Waals surface area contributed by atoms with Crippen molar-refractivity contribution in [1.82, 2.24) is 4.98 Å². The van der Waals surface area contributed by atoms with Gasteiger partial charge in [-0.25, -0.2) is 0 Å². The van der Waals surface area contributed by atoms with E-state index in [1.54, 1.807) is 0 Å². The fourth-order valence-electron chi connectivity index (χ4n) is 3.79. The highest BCUT2D eigenvalue weighted by Gasteiger charge is 2.66. The SMILES string of the molecule is Cc1ccc2cc(C(N)C3C(C)(C)C3(C)C)ccc2n1. The number of aromatic nitrogens is 1. The van der Waals surface area contributed by atoms with Crippen LogP contribution >= 0.6 is 0 Å². The third kappa shape index (κ3) is 1.78. The van der Waals surface area contributed by atoms with Crippen molar-refractivity contribution in [2.24, 2.45) is 22.5 Å². The number of hydrogen-bond donors (Lipinski definition) is 1. The molecular formula is C18H24N2. The van der Waals surface area contributed by atoms with Crippen LogP contribution in [0.5, 0.6) is 0 Å². The second-order valence-corrected chi connectivity index (χ2v) is 7.35. The molecule has 1 unspecified atom stereocenters. The number of rotatable bonds is 2. The topological polar surface area (TPSA) is 38.9 Å². The largest absolute Gasteiger partial charge is 0.324 e. The van der Waals surface area contributed by atoms with E-state index in [2.05, 4.69) is 63.0 Å². The van der Waals surface area contributed by atoms with Crippen molar-refractivity contribution in [2.45, 2.75) is 40.7 Å². The zero-order chi connectivity index (χ0) is 14.7. The minimum absolute atomic E-state index is 0.103. The van der Waals surface area contributed by atoms with E-state index in [0.29, 0.717) is 16.7 Å². The Labute approximate surface area is 121 Å². The van der Waals surface area contributed by atoms with Crippen LogP contribution in [0.15, 0.2) is 30.3 Å². The van der Waals surface area contributed by atoms with Gasteiger partial charge in [0.2, 0.25) is 0 Å². The molecule has 3 rings (SSSR count). The molecule has 1 aromatic heterocycles. The van der Waals surface area contributed by atoms with Crippen LogP contribution in [-0.4, -0.2) is 4.98 Å². The summed E-state index contributed by atoms with van der Waals surface area (Å²) in [6.07, 6.45) is 0. The number of benzene rings is 1. The summed E-state index contributed by atoms with van der Waals surface area (Å²) in [7, 11) is 0. The Morgan fingerprint density at radius 3 is 2.30 bits per heavy atom. The molecule has 0 spiro atoms. The molecule has 0 bridgehead atoms. The molecule has 1 fully saturated rings. The monoisotopic (exact) mass is 268 g/mol. The summed E-state index contributed by atoms with van der Waals surface area (Å²) in [6, 6.07) is 10.7. The van der Waals surface area contributed by atoms with Crippen molar-refractivity contribution in [3.05, 3.63) is 41.6 Å². The molecular weight excluding hydrogens is 244 g/mol. The van der Waals surface area contributed by atoms with Crippen molar-refractivity contribution in [3.63, 3.8) is 0 Å². The second-order valence-electron chi connectivity index (χ2n) is 7.35. The smallest absolute Gasteiger partial charge is 0.0705 e. The first-order valence-corrected chi connectivity index (χ1v) is 7.38. The average molecular weight is 268 g/mol. The zero-order valence-electron chi connectivity index (χ0n) is 13.1. The van der Waals surface area contributed by atoms with Crippen LogP contribution in [0.4, 0.5) is 0 Å². The van der Waals surface area contributed by atoms with E-state index in [1.807, 2.05) is 6.92 Å². The van der Waals surface area contributed by atoms with Crippen LogP contribution in [0, 0.1) is 23.7 Å². The van der Waals surface area contributed by atoms with Crippen LogP contribution in [0.1, 0.15) is 45.0 Å². The van der Waals surface area contributed by atoms with Gasteiger partial charge in [0.05, 0.1) is 5.52 Å². The van der Waals surface area contributed by atoms with E-state index in [4.69, 9.17) is 5.73 Å². The normalized spacial score (nSPS) is 21.9. The Morgan fingerprint density at radius 2 is 1.70 bits per heavy atom. The molecule has 1 aliphatic carbocycles. The van der Waals surface area contributed by atoms with Crippen LogP contribution in [-0.2, 0) is 0 Å². The van der Waals surface area contributed by atoms with Crippen molar-refractivity contribution in [1.29, 1.82) is 0 Å². The minimum Gasteiger partial charge on any atom is -0.324 e. The molecule has 0 aliphatic heterocycles. The predicted molar refractivity (Wildman–Crippen MR) is 84.5 cm³/mol. The highest BCUT2D eigenvalue weighted by Crippen LogP contribution is 2.71. The van der Waals surface area contributed by atoms with Gasteiger partial charge in [-0.1, -0.05) is 39.8 Å². The lowest BCUT2D eigenvalue weighted by atomic mass is 9.96. The van der Waals surface area contributed by atoms with Gasteiger partial charge in [-0.2, -0.15) is 0 Å². The van der Waals surface area contributed by atoms with E-state index in [0.717, 1.165) is 11.2 Å². The molecule has 1 aromatic carbocycles. The van der Waals surface area contributed by atoms with Gasteiger partial charge in [0.25, 0.3) is 0 Å². The first-order valence-electron chi connectivity index (χ1n) is 7.38. The Hall–Kier alpha value is -1.41. The summed E-state index contributed by atoms with van der Waals surface area (Å²) in [5.74, 6) is 0.533. The molecule has 2 heteroatoms. The molecule has 0 saturated heterocycles. The van der Waals surface area contributed by atoms with Crippen molar-refractivity contribution < 1.29 is 0 Å². The number of nitrogens with zero attached hydrogens (tertiary/aromatic N) is 1. The molecule has 106 valence electrons. The summed E-state index contributed by atoms with van der Waals surface area (Å²) in [5.41, 5.74) is 10.5. The Bertz CT molecular complexity index is 656. The molecule has 2 N–H and O–H groups in total. The average Bonchev–Trinajstić information content (AvgIpc) is 2.78. The lowest BCUT2D eigenvalue weighted by molar-refractivity contribution is 0.457. The number of pyridine rings is 1. The number of aryl methyl sites for hydroxylation is 1. The highest BCUT2D eigenvalue weighted by atomic mass is 14.8. The van der Waals surface area contributed by atoms with E-state index in [9.17, 15) is 0 Å². The summed E-state index contributed by atoms with van der Waals surface area (Å²) in [6.45, 7) is 11.3. The molecule has 1 heterocycles. The lowest BCUT2D eigenvalue weighted by Crippen LogP contribution is -2.16. The van der Waals surface area contributed by atoms with Gasteiger partial charge < -0.3 is 5.73 Å². The van der Waals surface area contributed by atoms with Gasteiger partial charge in [0, 0.05) is 17.1 Å². The molecule has 1 saturated carbocycles. The minimum atomic E-state index is 0.103. The molecule has 2 aromatic rings. The third-order valence-electron chi connectivity index (χ3n) is 5.73. The molecule has 1 atom stereocenters. The highest BCUT2D eigenvalue weighted by molar-refractivity contribution is 5.79. The van der Waals surface area contributed by atoms with Gasteiger partial charge in [-0.05, 0) is 47.4 Å². The molecule has 1 aliphatic rings.